The van der Waals surface area contributed by atoms with Gasteiger partial charge in [0.15, 0.2) is 5.69 Å². The lowest BCUT2D eigenvalue weighted by Crippen LogP contribution is -2.14. The lowest BCUT2D eigenvalue weighted by atomic mass is 10.2. The Labute approximate surface area is 120 Å². The molecule has 0 amide bonds. The van der Waals surface area contributed by atoms with E-state index in [-0.39, 0.29) is 23.6 Å². The number of rotatable bonds is 4. The zero-order valence-electron chi connectivity index (χ0n) is 11.7. The Bertz CT molecular complexity index is 683. The van der Waals surface area contributed by atoms with Gasteiger partial charge in [0.05, 0.1) is 11.4 Å². The minimum Gasteiger partial charge on any atom is -0.456 e. The maximum atomic E-state index is 13.5. The molecular formula is C14H15F2N3O2. The maximum Gasteiger partial charge on any atom is 0.359 e. The van der Waals surface area contributed by atoms with Gasteiger partial charge >= 0.3 is 5.97 Å². The molecular weight excluding hydrogens is 280 g/mol. The fourth-order valence-electron chi connectivity index (χ4n) is 1.91. The van der Waals surface area contributed by atoms with E-state index in [1.165, 1.54) is 4.68 Å². The summed E-state index contributed by atoms with van der Waals surface area (Å²) in [6.07, 6.45) is 0. The van der Waals surface area contributed by atoms with Gasteiger partial charge in [0, 0.05) is 12.1 Å². The van der Waals surface area contributed by atoms with Crippen LogP contribution in [0.4, 0.5) is 14.5 Å². The third-order valence-electron chi connectivity index (χ3n) is 3.03. The molecule has 0 aliphatic rings. The van der Waals surface area contributed by atoms with E-state index in [1.807, 2.05) is 0 Å². The summed E-state index contributed by atoms with van der Waals surface area (Å²) in [5, 5.41) is 4.09. The van der Waals surface area contributed by atoms with Crippen molar-refractivity contribution in [2.24, 2.45) is 0 Å². The van der Waals surface area contributed by atoms with E-state index in [9.17, 15) is 13.6 Å². The predicted molar refractivity (Wildman–Crippen MR) is 72.5 cm³/mol. The number of benzene rings is 1. The highest BCUT2D eigenvalue weighted by molar-refractivity contribution is 5.93. The first-order chi connectivity index (χ1) is 9.93. The number of carbonyl (C=O) groups excluding carboxylic acids is 1. The van der Waals surface area contributed by atoms with E-state index in [0.29, 0.717) is 12.2 Å². The summed E-state index contributed by atoms with van der Waals surface area (Å²) in [4.78, 5) is 12.0. The molecule has 1 aromatic carbocycles. The number of halogens is 2. The molecule has 1 aromatic heterocycles. The summed E-state index contributed by atoms with van der Waals surface area (Å²) in [5.41, 5.74) is 6.60. The van der Waals surface area contributed by atoms with Crippen LogP contribution in [0, 0.1) is 18.6 Å². The fraction of sp³-hybridized carbons (Fsp3) is 0.286. The standard InChI is InChI=1S/C14H15F2N3O2/c1-3-19-13(12(17)8(2)18-19)14(20)21-7-9-6-10(15)4-5-11(9)16/h4-6H,3,7,17H2,1-2H3. The first kappa shape index (κ1) is 15.0. The van der Waals surface area contributed by atoms with Crippen molar-refractivity contribution in [3.63, 3.8) is 0 Å². The Balaban J connectivity index is 2.17. The van der Waals surface area contributed by atoms with E-state index >= 15 is 0 Å². The summed E-state index contributed by atoms with van der Waals surface area (Å²) >= 11 is 0. The second-order valence-corrected chi connectivity index (χ2v) is 4.48. The highest BCUT2D eigenvalue weighted by atomic mass is 19.1. The number of nitrogens with two attached hydrogens (primary N) is 1. The number of carbonyl (C=O) groups is 1. The molecule has 0 atom stereocenters. The van der Waals surface area contributed by atoms with E-state index in [2.05, 4.69) is 5.10 Å². The van der Waals surface area contributed by atoms with Gasteiger partial charge in [-0.2, -0.15) is 5.10 Å². The van der Waals surface area contributed by atoms with Crippen LogP contribution in [-0.4, -0.2) is 15.7 Å². The third kappa shape index (κ3) is 3.01. The second-order valence-electron chi connectivity index (χ2n) is 4.48. The Morgan fingerprint density at radius 1 is 1.43 bits per heavy atom. The van der Waals surface area contributed by atoms with E-state index in [1.54, 1.807) is 13.8 Å². The highest BCUT2D eigenvalue weighted by Gasteiger charge is 2.21. The van der Waals surface area contributed by atoms with Crippen LogP contribution in [-0.2, 0) is 17.9 Å². The molecule has 21 heavy (non-hydrogen) atoms. The smallest absolute Gasteiger partial charge is 0.359 e. The van der Waals surface area contributed by atoms with Crippen LogP contribution in [0.2, 0.25) is 0 Å². The van der Waals surface area contributed by atoms with Crippen LogP contribution in [0.1, 0.15) is 28.7 Å². The number of anilines is 1. The van der Waals surface area contributed by atoms with Crippen molar-refractivity contribution < 1.29 is 18.3 Å². The normalized spacial score (nSPS) is 10.7. The van der Waals surface area contributed by atoms with Gasteiger partial charge in [0.25, 0.3) is 0 Å². The second kappa shape index (κ2) is 5.90. The Hall–Kier alpha value is -2.44. The van der Waals surface area contributed by atoms with E-state index in [4.69, 9.17) is 10.5 Å². The minimum atomic E-state index is -0.724. The van der Waals surface area contributed by atoms with E-state index < -0.39 is 17.6 Å². The van der Waals surface area contributed by atoms with Gasteiger partial charge in [-0.05, 0) is 32.0 Å². The Morgan fingerprint density at radius 3 is 2.81 bits per heavy atom. The molecule has 0 spiro atoms. The lowest BCUT2D eigenvalue weighted by Gasteiger charge is -2.08. The summed E-state index contributed by atoms with van der Waals surface area (Å²) in [6, 6.07) is 2.95. The molecule has 0 aliphatic heterocycles. The van der Waals surface area contributed by atoms with Gasteiger partial charge in [0.1, 0.15) is 18.2 Å². The van der Waals surface area contributed by atoms with Crippen LogP contribution in [0.3, 0.4) is 0 Å². The van der Waals surface area contributed by atoms with Gasteiger partial charge in [-0.25, -0.2) is 13.6 Å². The molecule has 1 heterocycles. The summed E-state index contributed by atoms with van der Waals surface area (Å²) in [7, 11) is 0. The van der Waals surface area contributed by atoms with Gasteiger partial charge in [-0.1, -0.05) is 0 Å². The number of ether oxygens (including phenoxy) is 1. The molecule has 112 valence electrons. The molecule has 0 bridgehead atoms. The monoisotopic (exact) mass is 295 g/mol. The quantitative estimate of drug-likeness (QED) is 0.879. The Kier molecular flexibility index (Phi) is 4.21. The SMILES string of the molecule is CCn1nc(C)c(N)c1C(=O)OCc1cc(F)ccc1F. The zero-order chi connectivity index (χ0) is 15.6. The molecule has 5 nitrogen and oxygen atoms in total. The summed E-state index contributed by atoms with van der Waals surface area (Å²) in [6.45, 7) is 3.53. The van der Waals surface area contributed by atoms with Crippen LogP contribution in [0.15, 0.2) is 18.2 Å². The number of hydrogen-bond donors (Lipinski definition) is 1. The number of aromatic nitrogens is 2. The average Bonchev–Trinajstić information content (AvgIpc) is 2.75. The number of aryl methyl sites for hydroxylation is 2. The summed E-state index contributed by atoms with van der Waals surface area (Å²) < 4.78 is 32.9. The molecule has 0 fully saturated rings. The highest BCUT2D eigenvalue weighted by Crippen LogP contribution is 2.19. The number of esters is 1. The zero-order valence-corrected chi connectivity index (χ0v) is 11.7. The minimum absolute atomic E-state index is 0.0405. The van der Waals surface area contributed by atoms with Gasteiger partial charge in [-0.3, -0.25) is 4.68 Å². The van der Waals surface area contributed by atoms with Gasteiger partial charge < -0.3 is 10.5 Å². The molecule has 0 saturated carbocycles. The molecule has 0 unspecified atom stereocenters. The van der Waals surface area contributed by atoms with Gasteiger partial charge in [0.2, 0.25) is 0 Å². The average molecular weight is 295 g/mol. The van der Waals surface area contributed by atoms with E-state index in [0.717, 1.165) is 18.2 Å². The first-order valence-corrected chi connectivity index (χ1v) is 6.38. The molecule has 0 aliphatic carbocycles. The van der Waals surface area contributed by atoms with Crippen LogP contribution in [0.5, 0.6) is 0 Å². The van der Waals surface area contributed by atoms with Crippen molar-refractivity contribution in [2.75, 3.05) is 5.73 Å². The largest absolute Gasteiger partial charge is 0.456 e. The van der Waals surface area contributed by atoms with Crippen molar-refractivity contribution in [1.29, 1.82) is 0 Å². The molecule has 0 radical (unpaired) electrons. The molecule has 2 N–H and O–H groups in total. The molecule has 2 rings (SSSR count). The van der Waals surface area contributed by atoms with Crippen molar-refractivity contribution in [3.8, 4) is 0 Å². The van der Waals surface area contributed by atoms with Gasteiger partial charge in [-0.15, -0.1) is 0 Å². The number of nitrogens with zero attached hydrogens (tertiary/aromatic N) is 2. The molecule has 7 heteroatoms. The number of nitrogen functional groups attached to an aromatic ring is 1. The van der Waals surface area contributed by atoms with Crippen molar-refractivity contribution in [1.82, 2.24) is 9.78 Å². The van der Waals surface area contributed by atoms with Crippen molar-refractivity contribution in [2.45, 2.75) is 27.0 Å². The van der Waals surface area contributed by atoms with Crippen LogP contribution >= 0.6 is 0 Å². The lowest BCUT2D eigenvalue weighted by molar-refractivity contribution is 0.0455. The van der Waals surface area contributed by atoms with Crippen LogP contribution in [0.25, 0.3) is 0 Å². The number of hydrogen-bond acceptors (Lipinski definition) is 4. The third-order valence-corrected chi connectivity index (χ3v) is 3.03. The summed E-state index contributed by atoms with van der Waals surface area (Å²) in [5.74, 6) is -1.97. The topological polar surface area (TPSA) is 70.1 Å². The fourth-order valence-corrected chi connectivity index (χ4v) is 1.91. The van der Waals surface area contributed by atoms with Crippen molar-refractivity contribution >= 4 is 11.7 Å². The maximum absolute atomic E-state index is 13.5. The predicted octanol–water partition coefficient (Wildman–Crippen LogP) is 2.43. The molecule has 2 aromatic rings. The van der Waals surface area contributed by atoms with Crippen molar-refractivity contribution in [3.05, 3.63) is 46.8 Å². The molecule has 0 saturated heterocycles. The Morgan fingerprint density at radius 2 is 2.14 bits per heavy atom. The van der Waals surface area contributed by atoms with Crippen LogP contribution < -0.4 is 5.73 Å². The first-order valence-electron chi connectivity index (χ1n) is 6.38.